The van der Waals surface area contributed by atoms with Gasteiger partial charge in [0.1, 0.15) is 29.6 Å². The molecule has 0 bridgehead atoms. The van der Waals surface area contributed by atoms with E-state index in [1.54, 1.807) is 30.3 Å². The highest BCUT2D eigenvalue weighted by atomic mass is 31.2. The zero-order valence-corrected chi connectivity index (χ0v) is 19.4. The van der Waals surface area contributed by atoms with Gasteiger partial charge in [-0.25, -0.2) is 4.57 Å². The summed E-state index contributed by atoms with van der Waals surface area (Å²) in [5.74, 6) is -1.16. The van der Waals surface area contributed by atoms with Gasteiger partial charge in [-0.2, -0.15) is 9.65 Å². The summed E-state index contributed by atoms with van der Waals surface area (Å²) in [5.41, 5.74) is 5.47. The predicted octanol–water partition coefficient (Wildman–Crippen LogP) is 0.0470. The van der Waals surface area contributed by atoms with Crippen molar-refractivity contribution in [2.45, 2.75) is 37.5 Å². The summed E-state index contributed by atoms with van der Waals surface area (Å²) in [4.78, 5) is 23.3. The van der Waals surface area contributed by atoms with Gasteiger partial charge >= 0.3 is 13.7 Å². The molecule has 1 fully saturated rings. The fourth-order valence-electron chi connectivity index (χ4n) is 3.26. The van der Waals surface area contributed by atoms with Gasteiger partial charge in [0.25, 0.3) is 12.1 Å². The van der Waals surface area contributed by atoms with E-state index >= 15 is 0 Å². The number of nitrogens with zero attached hydrogens (tertiary/aromatic N) is 1. The lowest BCUT2D eigenvalue weighted by Gasteiger charge is -2.24. The molecule has 3 rings (SSSR count). The third kappa shape index (κ3) is 6.17. The number of aromatic nitrogens is 1. The molecule has 5 N–H and O–H groups in total. The summed E-state index contributed by atoms with van der Waals surface area (Å²) in [6.07, 6.45) is -2.10. The highest BCUT2D eigenvalue weighted by Crippen LogP contribution is 2.45. The molecule has 2 aromatic rings. The standard InChI is InChI=1S/C21H26N3O9P/c1-13(21(28)30-2)23-34(29,33-15-8-4-3-5-9-15)31-12-16-17(25)18(26)20(32-16)24-10-6-7-14(11-24)19(22)27/h3-11,13,16-18,20,25-26H,12H2,1-2H3,(H2-,22,23,27,29)/p+1/t13-,16+,17+,18+,20+,34?/m0/s1. The molecule has 12 nitrogen and oxygen atoms in total. The molecule has 0 saturated carbocycles. The van der Waals surface area contributed by atoms with Crippen molar-refractivity contribution < 1.29 is 47.5 Å². The molecule has 1 saturated heterocycles. The van der Waals surface area contributed by atoms with Crippen LogP contribution in [0.4, 0.5) is 0 Å². The first kappa shape index (κ1) is 25.8. The Hall–Kier alpha value is -2.86. The van der Waals surface area contributed by atoms with Crippen molar-refractivity contribution in [3.8, 4) is 5.75 Å². The van der Waals surface area contributed by atoms with Crippen molar-refractivity contribution in [2.24, 2.45) is 5.73 Å². The zero-order chi connectivity index (χ0) is 24.9. The molecule has 2 heterocycles. The molecule has 1 unspecified atom stereocenters. The largest absolute Gasteiger partial charge is 0.468 e. The van der Waals surface area contributed by atoms with E-state index in [1.807, 2.05) is 0 Å². The highest BCUT2D eigenvalue weighted by Gasteiger charge is 2.49. The Balaban J connectivity index is 1.74. The minimum Gasteiger partial charge on any atom is -0.468 e. The van der Waals surface area contributed by atoms with Gasteiger partial charge in [0, 0.05) is 6.07 Å². The zero-order valence-electron chi connectivity index (χ0n) is 18.5. The van der Waals surface area contributed by atoms with E-state index in [2.05, 4.69) is 9.82 Å². The molecule has 1 aliphatic rings. The maximum Gasteiger partial charge on any atom is 0.459 e. The van der Waals surface area contributed by atoms with E-state index in [-0.39, 0.29) is 11.3 Å². The van der Waals surface area contributed by atoms with Crippen LogP contribution in [-0.4, -0.2) is 60.2 Å². The number of nitrogens with one attached hydrogen (secondary N) is 1. The van der Waals surface area contributed by atoms with E-state index in [0.29, 0.717) is 0 Å². The van der Waals surface area contributed by atoms with Gasteiger partial charge in [0.15, 0.2) is 18.5 Å². The number of aliphatic hydroxyl groups excluding tert-OH is 2. The molecule has 0 spiro atoms. The number of pyridine rings is 1. The second-order valence-corrected chi connectivity index (χ2v) is 9.22. The number of carbonyl (C=O) groups is 2. The number of hydrogen-bond acceptors (Lipinski definition) is 9. The second-order valence-electron chi connectivity index (χ2n) is 7.52. The maximum absolute atomic E-state index is 13.4. The number of benzene rings is 1. The van der Waals surface area contributed by atoms with Crippen molar-refractivity contribution in [3.05, 3.63) is 60.4 Å². The lowest BCUT2D eigenvalue weighted by atomic mass is 10.1. The van der Waals surface area contributed by atoms with Gasteiger partial charge in [-0.15, -0.1) is 0 Å². The lowest BCUT2D eigenvalue weighted by Crippen LogP contribution is -2.46. The molecule has 34 heavy (non-hydrogen) atoms. The average molecular weight is 496 g/mol. The van der Waals surface area contributed by atoms with E-state index < -0.39 is 56.8 Å². The summed E-state index contributed by atoms with van der Waals surface area (Å²) in [6, 6.07) is 10.1. The van der Waals surface area contributed by atoms with Crippen LogP contribution >= 0.6 is 7.75 Å². The molecular weight excluding hydrogens is 469 g/mol. The number of primary amides is 1. The Kier molecular flexibility index (Phi) is 8.37. The molecule has 1 amide bonds. The summed E-state index contributed by atoms with van der Waals surface area (Å²) in [7, 11) is -2.99. The first-order valence-electron chi connectivity index (χ1n) is 10.3. The number of carbonyl (C=O) groups excluding carboxylic acids is 2. The SMILES string of the molecule is COC(=O)[C@H](C)NP(=O)(OC[C@H]1O[C@@H]([n+]2cccc(C(N)=O)c2)[C@H](O)[C@@H]1O)Oc1ccccc1. The third-order valence-corrected chi connectivity index (χ3v) is 6.67. The lowest BCUT2D eigenvalue weighted by molar-refractivity contribution is -0.765. The van der Waals surface area contributed by atoms with Crippen LogP contribution in [0.25, 0.3) is 0 Å². The van der Waals surface area contributed by atoms with Crippen LogP contribution < -0.4 is 19.9 Å². The quantitative estimate of drug-likeness (QED) is 0.200. The number of amides is 1. The Morgan fingerprint density at radius 3 is 2.56 bits per heavy atom. The van der Waals surface area contributed by atoms with Crippen molar-refractivity contribution >= 4 is 19.6 Å². The monoisotopic (exact) mass is 496 g/mol. The summed E-state index contributed by atoms with van der Waals surface area (Å²) in [5, 5.41) is 23.4. The topological polar surface area (TPSA) is 171 Å². The Bertz CT molecular complexity index is 1050. The molecule has 13 heteroatoms. The van der Waals surface area contributed by atoms with E-state index in [9.17, 15) is 24.4 Å². The van der Waals surface area contributed by atoms with Crippen molar-refractivity contribution in [3.63, 3.8) is 0 Å². The second kappa shape index (κ2) is 11.0. The molecule has 184 valence electrons. The smallest absolute Gasteiger partial charge is 0.459 e. The summed E-state index contributed by atoms with van der Waals surface area (Å²) < 4.78 is 36.1. The molecule has 0 radical (unpaired) electrons. The number of ether oxygens (including phenoxy) is 2. The van der Waals surface area contributed by atoms with E-state index in [1.165, 1.54) is 43.1 Å². The normalized spacial score (nSPS) is 24.7. The molecule has 0 aliphatic carbocycles. The highest BCUT2D eigenvalue weighted by molar-refractivity contribution is 7.52. The van der Waals surface area contributed by atoms with Gasteiger partial charge in [-0.05, 0) is 25.1 Å². The van der Waals surface area contributed by atoms with Gasteiger partial charge in [-0.3, -0.25) is 14.1 Å². The van der Waals surface area contributed by atoms with Gasteiger partial charge < -0.3 is 29.9 Å². The number of esters is 1. The van der Waals surface area contributed by atoms with Gasteiger partial charge in [0.05, 0.1) is 13.7 Å². The number of rotatable bonds is 10. The third-order valence-electron chi connectivity index (χ3n) is 5.02. The van der Waals surface area contributed by atoms with Crippen molar-refractivity contribution in [1.82, 2.24) is 5.09 Å². The van der Waals surface area contributed by atoms with Crippen LogP contribution in [0.5, 0.6) is 5.75 Å². The summed E-state index contributed by atoms with van der Waals surface area (Å²) in [6.45, 7) is 0.953. The van der Waals surface area contributed by atoms with Crippen LogP contribution in [0.2, 0.25) is 0 Å². The van der Waals surface area contributed by atoms with Crippen LogP contribution in [0.1, 0.15) is 23.5 Å². The number of nitrogens with two attached hydrogens (primary N) is 1. The van der Waals surface area contributed by atoms with Gasteiger partial charge in [-0.1, -0.05) is 18.2 Å². The number of aliphatic hydroxyl groups is 2. The van der Waals surface area contributed by atoms with Crippen LogP contribution in [0, 0.1) is 0 Å². The molecular formula is C21H27N3O9P+. The Morgan fingerprint density at radius 1 is 1.21 bits per heavy atom. The van der Waals surface area contributed by atoms with Crippen molar-refractivity contribution in [2.75, 3.05) is 13.7 Å². The van der Waals surface area contributed by atoms with Crippen LogP contribution in [-0.2, 0) is 23.4 Å². The summed E-state index contributed by atoms with van der Waals surface area (Å²) >= 11 is 0. The minimum absolute atomic E-state index is 0.175. The number of para-hydroxylation sites is 1. The van der Waals surface area contributed by atoms with Gasteiger partial charge in [0.2, 0.25) is 0 Å². The molecule has 1 aromatic heterocycles. The Morgan fingerprint density at radius 2 is 1.91 bits per heavy atom. The first-order valence-corrected chi connectivity index (χ1v) is 11.8. The average Bonchev–Trinajstić information content (AvgIpc) is 3.11. The fraction of sp³-hybridized carbons (Fsp3) is 0.381. The first-order chi connectivity index (χ1) is 16.1. The van der Waals surface area contributed by atoms with Crippen molar-refractivity contribution in [1.29, 1.82) is 0 Å². The maximum atomic E-state index is 13.4. The van der Waals surface area contributed by atoms with Crippen LogP contribution in [0.3, 0.4) is 0 Å². The van der Waals surface area contributed by atoms with E-state index in [4.69, 9.17) is 19.5 Å². The Labute approximate surface area is 195 Å². The van der Waals surface area contributed by atoms with Crippen LogP contribution in [0.15, 0.2) is 54.9 Å². The van der Waals surface area contributed by atoms with E-state index in [0.717, 1.165) is 0 Å². The number of hydrogen-bond donors (Lipinski definition) is 4. The fourth-order valence-corrected chi connectivity index (χ4v) is 4.76. The number of methoxy groups -OCH3 is 1. The minimum atomic E-state index is -4.17. The predicted molar refractivity (Wildman–Crippen MR) is 116 cm³/mol. The molecule has 6 atom stereocenters. The molecule has 1 aromatic carbocycles. The molecule has 1 aliphatic heterocycles.